The number of aliphatic carboxylic acids is 1. The molecule has 7 nitrogen and oxygen atoms in total. The molecule has 124 valence electrons. The molecule has 2 aromatic rings. The molecule has 1 aromatic carbocycles. The van der Waals surface area contributed by atoms with Gasteiger partial charge in [0.1, 0.15) is 18.3 Å². The highest BCUT2D eigenvalue weighted by Gasteiger charge is 2.17. The maximum atomic E-state index is 10.7. The molecular weight excluding hydrogens is 308 g/mol. The van der Waals surface area contributed by atoms with Gasteiger partial charge in [-0.3, -0.25) is 4.79 Å². The van der Waals surface area contributed by atoms with Crippen molar-refractivity contribution in [2.24, 2.45) is 9.98 Å². The minimum Gasteiger partial charge on any atom is -0.481 e. The second-order valence-corrected chi connectivity index (χ2v) is 5.39. The molecule has 2 heterocycles. The van der Waals surface area contributed by atoms with Gasteiger partial charge in [0.25, 0.3) is 0 Å². The second kappa shape index (κ2) is 6.99. The van der Waals surface area contributed by atoms with Crippen LogP contribution in [-0.2, 0) is 11.2 Å². The third-order valence-corrected chi connectivity index (χ3v) is 3.55. The number of hydrogen-bond acceptors (Lipinski definition) is 6. The fourth-order valence-corrected chi connectivity index (χ4v) is 2.32. The Balaban J connectivity index is 1.77. The van der Waals surface area contributed by atoms with Gasteiger partial charge in [-0.15, -0.1) is 0 Å². The van der Waals surface area contributed by atoms with E-state index in [1.54, 1.807) is 24.7 Å². The summed E-state index contributed by atoms with van der Waals surface area (Å²) in [6, 6.07) is 9.02. The van der Waals surface area contributed by atoms with Gasteiger partial charge in [-0.1, -0.05) is 19.1 Å². The highest BCUT2D eigenvalue weighted by Crippen LogP contribution is 2.13. The zero-order chi connectivity index (χ0) is 16.9. The van der Waals surface area contributed by atoms with E-state index in [0.29, 0.717) is 11.8 Å². The maximum Gasteiger partial charge on any atom is 0.307 e. The predicted molar refractivity (Wildman–Crippen MR) is 91.3 cm³/mol. The van der Waals surface area contributed by atoms with Crippen LogP contribution in [0.25, 0.3) is 0 Å². The molecule has 3 N–H and O–H groups in total. The first-order valence-electron chi connectivity index (χ1n) is 7.67. The van der Waals surface area contributed by atoms with Gasteiger partial charge in [-0.2, -0.15) is 4.99 Å². The van der Waals surface area contributed by atoms with E-state index < -0.39 is 5.97 Å². The number of aliphatic imine (C=N–C) groups is 2. The van der Waals surface area contributed by atoms with Crippen LogP contribution in [0.1, 0.15) is 24.5 Å². The zero-order valence-corrected chi connectivity index (χ0v) is 13.2. The van der Waals surface area contributed by atoms with E-state index in [1.807, 2.05) is 25.1 Å². The van der Waals surface area contributed by atoms with Crippen molar-refractivity contribution in [2.75, 3.05) is 5.32 Å². The number of nitrogens with zero attached hydrogens (tertiary/aromatic N) is 2. The standard InChI is InChI=1S/C17H18N4O3/c1-2-14-19-16(12-7-8-24-10-12)21-17(20-14)18-13-5-3-11(4-6-13)9-15(22)23/h3-8,10,14H,2,9H2,1H3,(H,22,23)(H2,18,19,20,21). The highest BCUT2D eigenvalue weighted by molar-refractivity contribution is 6.10. The van der Waals surface area contributed by atoms with Crippen LogP contribution in [-0.4, -0.2) is 29.0 Å². The van der Waals surface area contributed by atoms with Gasteiger partial charge in [0.2, 0.25) is 5.96 Å². The third-order valence-electron chi connectivity index (χ3n) is 3.55. The Morgan fingerprint density at radius 3 is 2.75 bits per heavy atom. The third kappa shape index (κ3) is 3.81. The molecule has 0 fully saturated rings. The van der Waals surface area contributed by atoms with Crippen molar-refractivity contribution in [3.05, 3.63) is 54.0 Å². The minimum atomic E-state index is -0.849. The molecule has 1 atom stereocenters. The average molecular weight is 326 g/mol. The summed E-state index contributed by atoms with van der Waals surface area (Å²) in [5.74, 6) is 0.358. The molecule has 0 saturated carbocycles. The number of benzene rings is 1. The number of guanidine groups is 1. The van der Waals surface area contributed by atoms with E-state index in [1.165, 1.54) is 0 Å². The van der Waals surface area contributed by atoms with E-state index in [4.69, 9.17) is 9.52 Å². The number of carbonyl (C=O) groups is 1. The number of anilines is 1. The molecule has 24 heavy (non-hydrogen) atoms. The number of rotatable bonds is 5. The number of furan rings is 1. The summed E-state index contributed by atoms with van der Waals surface area (Å²) < 4.78 is 5.11. The van der Waals surface area contributed by atoms with E-state index >= 15 is 0 Å². The number of carboxylic acid groups (broad SMARTS) is 1. The van der Waals surface area contributed by atoms with Gasteiger partial charge < -0.3 is 20.2 Å². The van der Waals surface area contributed by atoms with E-state index in [9.17, 15) is 4.79 Å². The van der Waals surface area contributed by atoms with Crippen molar-refractivity contribution in [1.82, 2.24) is 5.32 Å². The van der Waals surface area contributed by atoms with E-state index in [2.05, 4.69) is 20.6 Å². The van der Waals surface area contributed by atoms with Crippen LogP contribution in [0, 0.1) is 0 Å². The van der Waals surface area contributed by atoms with Crippen molar-refractivity contribution >= 4 is 23.5 Å². The molecule has 0 saturated heterocycles. The fraction of sp³-hybridized carbons (Fsp3) is 0.235. The number of hydrogen-bond donors (Lipinski definition) is 3. The normalized spacial score (nSPS) is 16.8. The molecule has 3 rings (SSSR count). The lowest BCUT2D eigenvalue weighted by molar-refractivity contribution is -0.136. The number of carboxylic acids is 1. The Morgan fingerprint density at radius 1 is 1.33 bits per heavy atom. The largest absolute Gasteiger partial charge is 0.481 e. The maximum absolute atomic E-state index is 10.7. The predicted octanol–water partition coefficient (Wildman–Crippen LogP) is 2.46. The minimum absolute atomic E-state index is 0.00580. The van der Waals surface area contributed by atoms with Crippen molar-refractivity contribution in [2.45, 2.75) is 25.9 Å². The topological polar surface area (TPSA) is 99.2 Å². The van der Waals surface area contributed by atoms with Crippen LogP contribution in [0.4, 0.5) is 5.69 Å². The zero-order valence-electron chi connectivity index (χ0n) is 13.2. The van der Waals surface area contributed by atoms with Crippen LogP contribution in [0.5, 0.6) is 0 Å². The molecule has 0 bridgehead atoms. The molecule has 1 unspecified atom stereocenters. The van der Waals surface area contributed by atoms with E-state index in [0.717, 1.165) is 23.2 Å². The van der Waals surface area contributed by atoms with Crippen molar-refractivity contribution < 1.29 is 14.3 Å². The monoisotopic (exact) mass is 326 g/mol. The molecule has 7 heteroatoms. The molecule has 0 spiro atoms. The summed E-state index contributed by atoms with van der Waals surface area (Å²) >= 11 is 0. The summed E-state index contributed by atoms with van der Waals surface area (Å²) in [6.45, 7) is 2.04. The quantitative estimate of drug-likeness (QED) is 0.784. The van der Waals surface area contributed by atoms with Crippen molar-refractivity contribution in [1.29, 1.82) is 0 Å². The van der Waals surface area contributed by atoms with Gasteiger partial charge in [-0.25, -0.2) is 4.99 Å². The van der Waals surface area contributed by atoms with E-state index in [-0.39, 0.29) is 12.6 Å². The summed E-state index contributed by atoms with van der Waals surface area (Å²) in [5, 5.41) is 15.2. The van der Waals surface area contributed by atoms with Crippen LogP contribution < -0.4 is 10.6 Å². The first-order valence-corrected chi connectivity index (χ1v) is 7.67. The van der Waals surface area contributed by atoms with Crippen LogP contribution in [0.3, 0.4) is 0 Å². The molecule has 1 aromatic heterocycles. The Labute approximate surface area is 139 Å². The summed E-state index contributed by atoms with van der Waals surface area (Å²) in [6.07, 6.45) is 3.98. The lowest BCUT2D eigenvalue weighted by Gasteiger charge is -2.21. The summed E-state index contributed by atoms with van der Waals surface area (Å²) in [4.78, 5) is 19.7. The number of amidine groups is 1. The second-order valence-electron chi connectivity index (χ2n) is 5.39. The first-order chi connectivity index (χ1) is 11.6. The Kier molecular flexibility index (Phi) is 4.60. The van der Waals surface area contributed by atoms with Gasteiger partial charge >= 0.3 is 5.97 Å². The fourth-order valence-electron chi connectivity index (χ4n) is 2.32. The van der Waals surface area contributed by atoms with Crippen LogP contribution >= 0.6 is 0 Å². The first kappa shape index (κ1) is 15.8. The van der Waals surface area contributed by atoms with Gasteiger partial charge in [0.15, 0.2) is 0 Å². The Morgan fingerprint density at radius 2 is 2.12 bits per heavy atom. The average Bonchev–Trinajstić information content (AvgIpc) is 3.10. The molecule has 0 aliphatic carbocycles. The molecule has 0 amide bonds. The molecule has 1 aliphatic heterocycles. The van der Waals surface area contributed by atoms with Gasteiger partial charge in [0, 0.05) is 5.69 Å². The number of nitrogens with one attached hydrogen (secondary N) is 2. The van der Waals surface area contributed by atoms with Crippen molar-refractivity contribution in [3.63, 3.8) is 0 Å². The Bertz CT molecular complexity index is 764. The van der Waals surface area contributed by atoms with Gasteiger partial charge in [0.05, 0.1) is 18.2 Å². The lowest BCUT2D eigenvalue weighted by atomic mass is 10.1. The van der Waals surface area contributed by atoms with Crippen molar-refractivity contribution in [3.8, 4) is 0 Å². The van der Waals surface area contributed by atoms with Gasteiger partial charge in [-0.05, 0) is 30.2 Å². The van der Waals surface area contributed by atoms with Crippen LogP contribution in [0.2, 0.25) is 0 Å². The SMILES string of the molecule is CCC1N=C(Nc2ccc(CC(=O)O)cc2)N=C(c2ccoc2)N1. The molecule has 0 radical (unpaired) electrons. The molecular formula is C17H18N4O3. The molecule has 1 aliphatic rings. The smallest absolute Gasteiger partial charge is 0.307 e. The lowest BCUT2D eigenvalue weighted by Crippen LogP contribution is -2.39. The highest BCUT2D eigenvalue weighted by atomic mass is 16.4. The van der Waals surface area contributed by atoms with Crippen LogP contribution in [0.15, 0.2) is 57.3 Å². The Hall–Kier alpha value is -3.09. The summed E-state index contributed by atoms with van der Waals surface area (Å²) in [5.41, 5.74) is 2.41. The summed E-state index contributed by atoms with van der Waals surface area (Å²) in [7, 11) is 0.